The van der Waals surface area contributed by atoms with Crippen LogP contribution in [0.3, 0.4) is 0 Å². The average molecular weight is 288 g/mol. The molecule has 2 aromatic heterocycles. The first-order chi connectivity index (χ1) is 10.9. The van der Waals surface area contributed by atoms with Gasteiger partial charge in [-0.15, -0.1) is 0 Å². The molecule has 1 N–H and O–H groups in total. The Kier molecular flexibility index (Phi) is 2.83. The number of anilines is 1. The largest absolute Gasteiger partial charge is 0.369 e. The Morgan fingerprint density at radius 2 is 2.14 bits per heavy atom. The van der Waals surface area contributed by atoms with E-state index in [2.05, 4.69) is 26.5 Å². The maximum atomic E-state index is 9.32. The molecule has 6 nitrogen and oxygen atoms in total. The van der Waals surface area contributed by atoms with E-state index in [1.54, 1.807) is 29.3 Å². The number of nitrogens with one attached hydrogen (secondary N) is 1. The SMILES string of the molecule is N#Cc1ccccc1-n1nc(-c2cnccn2)c2c1NCC2. The van der Waals surface area contributed by atoms with E-state index in [9.17, 15) is 5.26 Å². The van der Waals surface area contributed by atoms with Gasteiger partial charge in [-0.05, 0) is 18.6 Å². The Balaban J connectivity index is 1.94. The summed E-state index contributed by atoms with van der Waals surface area (Å²) in [4.78, 5) is 8.46. The molecule has 4 rings (SSSR count). The van der Waals surface area contributed by atoms with Crippen LogP contribution in [-0.2, 0) is 6.42 Å². The van der Waals surface area contributed by atoms with Gasteiger partial charge in [-0.2, -0.15) is 10.4 Å². The summed E-state index contributed by atoms with van der Waals surface area (Å²) >= 11 is 0. The van der Waals surface area contributed by atoms with E-state index in [-0.39, 0.29) is 0 Å². The van der Waals surface area contributed by atoms with Crippen LogP contribution >= 0.6 is 0 Å². The molecule has 0 radical (unpaired) electrons. The van der Waals surface area contributed by atoms with Crippen molar-refractivity contribution in [1.29, 1.82) is 5.26 Å². The summed E-state index contributed by atoms with van der Waals surface area (Å²) in [6.45, 7) is 0.856. The van der Waals surface area contributed by atoms with Gasteiger partial charge in [0.1, 0.15) is 23.3 Å². The molecule has 3 heterocycles. The minimum Gasteiger partial charge on any atom is -0.369 e. The Morgan fingerprint density at radius 1 is 1.23 bits per heavy atom. The topological polar surface area (TPSA) is 79.4 Å². The van der Waals surface area contributed by atoms with Crippen LogP contribution in [0, 0.1) is 11.3 Å². The summed E-state index contributed by atoms with van der Waals surface area (Å²) in [5.41, 5.74) is 4.04. The number of aromatic nitrogens is 4. The molecule has 0 saturated heterocycles. The van der Waals surface area contributed by atoms with Crippen molar-refractivity contribution >= 4 is 5.82 Å². The summed E-state index contributed by atoms with van der Waals surface area (Å²) in [5, 5.41) is 17.4. The number of para-hydroxylation sites is 1. The number of benzene rings is 1. The molecule has 0 saturated carbocycles. The summed E-state index contributed by atoms with van der Waals surface area (Å²) < 4.78 is 1.80. The molecule has 1 aliphatic heterocycles. The first kappa shape index (κ1) is 12.5. The lowest BCUT2D eigenvalue weighted by Crippen LogP contribution is -2.06. The van der Waals surface area contributed by atoms with Crippen molar-refractivity contribution in [3.8, 4) is 23.1 Å². The first-order valence-corrected chi connectivity index (χ1v) is 7.00. The number of hydrogen-bond acceptors (Lipinski definition) is 5. The molecule has 0 unspecified atom stereocenters. The van der Waals surface area contributed by atoms with Gasteiger partial charge < -0.3 is 5.32 Å². The molecule has 0 bridgehead atoms. The van der Waals surface area contributed by atoms with Crippen LogP contribution in [-0.4, -0.2) is 26.3 Å². The lowest BCUT2D eigenvalue weighted by atomic mass is 10.1. The molecule has 3 aromatic rings. The van der Waals surface area contributed by atoms with E-state index in [1.807, 2.05) is 18.2 Å². The smallest absolute Gasteiger partial charge is 0.133 e. The summed E-state index contributed by atoms with van der Waals surface area (Å²) in [7, 11) is 0. The Hall–Kier alpha value is -3.20. The molecule has 0 atom stereocenters. The number of nitriles is 1. The highest BCUT2D eigenvalue weighted by Crippen LogP contribution is 2.34. The predicted octanol–water partition coefficient (Wildman–Crippen LogP) is 2.17. The summed E-state index contributed by atoms with van der Waals surface area (Å²) in [6, 6.07) is 9.66. The molecule has 6 heteroatoms. The number of rotatable bonds is 2. The zero-order valence-corrected chi connectivity index (χ0v) is 11.7. The van der Waals surface area contributed by atoms with Crippen LogP contribution in [0.1, 0.15) is 11.1 Å². The van der Waals surface area contributed by atoms with Gasteiger partial charge in [0.05, 0.1) is 17.4 Å². The van der Waals surface area contributed by atoms with Crippen molar-refractivity contribution in [3.63, 3.8) is 0 Å². The first-order valence-electron chi connectivity index (χ1n) is 7.00. The van der Waals surface area contributed by atoms with Gasteiger partial charge in [0.2, 0.25) is 0 Å². The average Bonchev–Trinajstić information content (AvgIpc) is 3.18. The van der Waals surface area contributed by atoms with Crippen LogP contribution in [0.15, 0.2) is 42.9 Å². The number of nitrogens with zero attached hydrogens (tertiary/aromatic N) is 5. The van der Waals surface area contributed by atoms with Gasteiger partial charge in [-0.25, -0.2) is 4.68 Å². The minimum absolute atomic E-state index is 0.590. The van der Waals surface area contributed by atoms with Gasteiger partial charge in [0.25, 0.3) is 0 Å². The monoisotopic (exact) mass is 288 g/mol. The van der Waals surface area contributed by atoms with Gasteiger partial charge >= 0.3 is 0 Å². The molecule has 0 spiro atoms. The molecule has 0 amide bonds. The quantitative estimate of drug-likeness (QED) is 0.781. The molecule has 0 fully saturated rings. The maximum absolute atomic E-state index is 9.32. The lowest BCUT2D eigenvalue weighted by molar-refractivity contribution is 0.876. The summed E-state index contributed by atoms with van der Waals surface area (Å²) in [5.74, 6) is 0.934. The third-order valence-electron chi connectivity index (χ3n) is 3.71. The zero-order chi connectivity index (χ0) is 14.9. The van der Waals surface area contributed by atoms with Crippen molar-refractivity contribution in [2.75, 3.05) is 11.9 Å². The molecule has 106 valence electrons. The van der Waals surface area contributed by atoms with Crippen LogP contribution in [0.4, 0.5) is 5.82 Å². The van der Waals surface area contributed by atoms with Gasteiger partial charge in [0, 0.05) is 24.5 Å². The van der Waals surface area contributed by atoms with Gasteiger partial charge in [0.15, 0.2) is 0 Å². The lowest BCUT2D eigenvalue weighted by Gasteiger charge is -2.07. The molecular weight excluding hydrogens is 276 g/mol. The van der Waals surface area contributed by atoms with E-state index >= 15 is 0 Å². The Morgan fingerprint density at radius 3 is 2.95 bits per heavy atom. The molecule has 1 aliphatic rings. The standard InChI is InChI=1S/C16H12N6/c17-9-11-3-1-2-4-14(11)22-16-12(5-6-20-16)15(21-22)13-10-18-7-8-19-13/h1-4,7-8,10,20H,5-6H2. The molecular formula is C16H12N6. The Bertz CT molecular complexity index is 875. The normalized spacial score (nSPS) is 12.5. The number of hydrogen-bond donors (Lipinski definition) is 1. The zero-order valence-electron chi connectivity index (χ0n) is 11.7. The van der Waals surface area contributed by atoms with Crippen LogP contribution < -0.4 is 5.32 Å². The van der Waals surface area contributed by atoms with Crippen LogP contribution in [0.2, 0.25) is 0 Å². The highest BCUT2D eigenvalue weighted by molar-refractivity contribution is 5.71. The molecule has 0 aliphatic carbocycles. The fraction of sp³-hybridized carbons (Fsp3) is 0.125. The van der Waals surface area contributed by atoms with Crippen molar-refractivity contribution in [2.45, 2.75) is 6.42 Å². The predicted molar refractivity (Wildman–Crippen MR) is 81.5 cm³/mol. The number of fused-ring (bicyclic) bond motifs is 1. The van der Waals surface area contributed by atoms with Crippen molar-refractivity contribution in [2.24, 2.45) is 0 Å². The van der Waals surface area contributed by atoms with E-state index in [4.69, 9.17) is 0 Å². The second-order valence-electron chi connectivity index (χ2n) is 4.98. The maximum Gasteiger partial charge on any atom is 0.133 e. The van der Waals surface area contributed by atoms with Gasteiger partial charge in [-0.1, -0.05) is 12.1 Å². The Labute approximate surface area is 127 Å². The van der Waals surface area contributed by atoms with Crippen LogP contribution in [0.5, 0.6) is 0 Å². The summed E-state index contributed by atoms with van der Waals surface area (Å²) in [6.07, 6.45) is 5.90. The molecule has 1 aromatic carbocycles. The van der Waals surface area contributed by atoms with Crippen molar-refractivity contribution < 1.29 is 0 Å². The fourth-order valence-corrected chi connectivity index (χ4v) is 2.73. The minimum atomic E-state index is 0.590. The van der Waals surface area contributed by atoms with E-state index in [1.165, 1.54) is 0 Å². The van der Waals surface area contributed by atoms with E-state index in [0.29, 0.717) is 5.56 Å². The highest BCUT2D eigenvalue weighted by Gasteiger charge is 2.25. The highest BCUT2D eigenvalue weighted by atomic mass is 15.3. The second kappa shape index (κ2) is 4.97. The van der Waals surface area contributed by atoms with Crippen molar-refractivity contribution in [3.05, 3.63) is 54.0 Å². The van der Waals surface area contributed by atoms with Gasteiger partial charge in [-0.3, -0.25) is 9.97 Å². The van der Waals surface area contributed by atoms with Crippen molar-refractivity contribution in [1.82, 2.24) is 19.7 Å². The molecule has 22 heavy (non-hydrogen) atoms. The second-order valence-corrected chi connectivity index (χ2v) is 4.98. The van der Waals surface area contributed by atoms with E-state index < -0.39 is 0 Å². The third kappa shape index (κ3) is 1.84. The fourth-order valence-electron chi connectivity index (χ4n) is 2.73. The van der Waals surface area contributed by atoms with E-state index in [0.717, 1.165) is 41.4 Å². The van der Waals surface area contributed by atoms with Crippen LogP contribution in [0.25, 0.3) is 17.1 Å². The third-order valence-corrected chi connectivity index (χ3v) is 3.71.